The molecule has 7 heterocycles. The number of anilines is 2. The molecular formula is C64H82B2Br4N10O14S2. The van der Waals surface area contributed by atoms with E-state index in [4.69, 9.17) is 23.5 Å². The molecule has 4 aromatic rings. The highest BCUT2D eigenvalue weighted by molar-refractivity contribution is 9.69. The van der Waals surface area contributed by atoms with Gasteiger partial charge in [0.2, 0.25) is 23.6 Å². The second kappa shape index (κ2) is 29.4. The molecule has 8 atom stereocenters. The third-order valence-corrected chi connectivity index (χ3v) is 23.2. The summed E-state index contributed by atoms with van der Waals surface area (Å²) in [6.45, 7) is 15.9. The van der Waals surface area contributed by atoms with Crippen molar-refractivity contribution in [3.8, 4) is 22.9 Å². The van der Waals surface area contributed by atoms with Gasteiger partial charge in [-0.05, 0) is 190 Å². The molecule has 2 aromatic carbocycles. The molecule has 4 aliphatic carbocycles. The molecule has 2 saturated carbocycles. The summed E-state index contributed by atoms with van der Waals surface area (Å²) < 4.78 is 95.7. The van der Waals surface area contributed by atoms with Crippen molar-refractivity contribution in [1.82, 2.24) is 30.4 Å². The fraction of sp³-hybridized carbons (Fsp3) is 0.562. The zero-order valence-electron chi connectivity index (χ0n) is 55.8. The minimum atomic E-state index is -4.06. The van der Waals surface area contributed by atoms with Crippen LogP contribution in [0.25, 0.3) is 11.1 Å². The molecule has 4 N–H and O–H groups in total. The fourth-order valence-corrected chi connectivity index (χ4v) is 17.6. The van der Waals surface area contributed by atoms with Crippen molar-refractivity contribution in [3.05, 3.63) is 75.5 Å². The number of hydrogen-bond donors (Lipinski definition) is 4. The maximum absolute atomic E-state index is 13.5. The molecule has 4 unspecified atom stereocenters. The Bertz CT molecular complexity index is 3960. The monoisotopic (exact) mass is 1620 g/mol. The number of alkyl carbamates (subject to hydrolysis) is 2. The van der Waals surface area contributed by atoms with E-state index < -0.39 is 74.7 Å². The normalized spacial score (nSPS) is 24.0. The highest BCUT2D eigenvalue weighted by atomic mass is 79.9. The van der Waals surface area contributed by atoms with Crippen LogP contribution < -0.4 is 36.2 Å². The van der Waals surface area contributed by atoms with Crippen LogP contribution in [0.15, 0.2) is 71.9 Å². The Morgan fingerprint density at radius 1 is 0.625 bits per heavy atom. The SMILES string of the molecule is BrB(Br)Br.COC(=O)N[C@H](C(=O)N1CCC[C@H]1C1=NS(=O)(=O)c2cc(-c3cnc(OC)c4c3C3CCC4C3)ccc2N1)C(C)C.COC(=O)N[C@H](C(=O)N1CCC[C@H]1C1=NS(=O)(=O)c2cc(B3OC(C)(C)C(C)(C)O3)ccc2N1)C(C)C.COc1ncc(Br)c2c1C1CCC2C1. The minimum absolute atomic E-state index is 0.0201. The Balaban J connectivity index is 0.000000166. The number of carbonyl (C=O) groups is 4. The largest absolute Gasteiger partial charge is 0.494 e. The first kappa shape index (κ1) is 73.3. The lowest BCUT2D eigenvalue weighted by molar-refractivity contribution is -0.134. The molecule has 32 heteroatoms. The number of aromatic nitrogens is 2. The number of nitrogens with zero attached hydrogens (tertiary/aromatic N) is 6. The summed E-state index contributed by atoms with van der Waals surface area (Å²) in [6.07, 6.45) is 12.0. The van der Waals surface area contributed by atoms with Crippen LogP contribution in [0.3, 0.4) is 0 Å². The second-order valence-electron chi connectivity index (χ2n) is 26.9. The number of amidine groups is 2. The van der Waals surface area contributed by atoms with Gasteiger partial charge in [0.15, 0.2) is 0 Å². The summed E-state index contributed by atoms with van der Waals surface area (Å²) in [5.41, 5.74) is 7.17. The molecule has 4 bridgehead atoms. The lowest BCUT2D eigenvalue weighted by atomic mass is 9.79. The summed E-state index contributed by atoms with van der Waals surface area (Å²) in [5.74, 6) is 3.19. The van der Waals surface area contributed by atoms with Gasteiger partial charge in [-0.3, -0.25) is 9.59 Å². The predicted molar refractivity (Wildman–Crippen MR) is 382 cm³/mol. The van der Waals surface area contributed by atoms with Crippen molar-refractivity contribution < 1.29 is 64.3 Å². The lowest BCUT2D eigenvalue weighted by Crippen LogP contribution is -2.54. The lowest BCUT2D eigenvalue weighted by Gasteiger charge is -2.32. The van der Waals surface area contributed by atoms with Gasteiger partial charge in [-0.15, -0.1) is 56.1 Å². The number of methoxy groups -OCH3 is 4. The zero-order chi connectivity index (χ0) is 69.7. The van der Waals surface area contributed by atoms with Crippen LogP contribution in [0.5, 0.6) is 11.8 Å². The van der Waals surface area contributed by atoms with Crippen LogP contribution >= 0.6 is 63.2 Å². The number of pyridine rings is 2. The molecule has 96 heavy (non-hydrogen) atoms. The van der Waals surface area contributed by atoms with E-state index in [1.54, 1.807) is 54.5 Å². The van der Waals surface area contributed by atoms with E-state index in [2.05, 4.69) is 108 Å². The zero-order valence-corrected chi connectivity index (χ0v) is 63.7. The Hall–Kier alpha value is -5.37. The number of ether oxygens (including phenoxy) is 4. The van der Waals surface area contributed by atoms with E-state index in [-0.39, 0.29) is 48.3 Å². The molecule has 518 valence electrons. The van der Waals surface area contributed by atoms with Gasteiger partial charge in [0.1, 0.15) is 33.5 Å². The van der Waals surface area contributed by atoms with Crippen molar-refractivity contribution in [2.75, 3.05) is 52.2 Å². The van der Waals surface area contributed by atoms with Crippen molar-refractivity contribution in [2.45, 2.75) is 188 Å². The van der Waals surface area contributed by atoms with Crippen LogP contribution in [-0.4, -0.2) is 159 Å². The molecule has 3 saturated heterocycles. The number of carbonyl (C=O) groups excluding carboxylic acids is 4. The van der Waals surface area contributed by atoms with E-state index in [0.29, 0.717) is 79.2 Å². The predicted octanol–water partition coefficient (Wildman–Crippen LogP) is 11.2. The Morgan fingerprint density at radius 3 is 1.49 bits per heavy atom. The minimum Gasteiger partial charge on any atom is -0.481 e. The third-order valence-electron chi connectivity index (χ3n) is 19.9. The summed E-state index contributed by atoms with van der Waals surface area (Å²) >= 11 is 12.9. The maximum Gasteiger partial charge on any atom is 0.494 e. The summed E-state index contributed by atoms with van der Waals surface area (Å²) in [6, 6.07) is 7.53. The van der Waals surface area contributed by atoms with Crippen LogP contribution in [0.4, 0.5) is 21.0 Å². The molecule has 5 fully saturated rings. The van der Waals surface area contributed by atoms with Crippen LogP contribution in [-0.2, 0) is 48.4 Å². The first-order chi connectivity index (χ1) is 45.3. The van der Waals surface area contributed by atoms with E-state index in [0.717, 1.165) is 47.8 Å². The maximum atomic E-state index is 13.5. The average Bonchev–Trinajstić information content (AvgIpc) is 1.58. The van der Waals surface area contributed by atoms with Gasteiger partial charge in [-0.25, -0.2) is 19.6 Å². The standard InChI is InChI=1S/C29H35N5O6S.C24H35BN4O7S.C11H12BrNO.BBr3/c1-15(2)25(32-29(36)40-4)28(35)34-11-5-6-21(34)26-31-20-10-9-16(13-22(20)41(37,38)33-26)19-14-30-27(39-3)24-18-8-7-17(12-18)23(19)24;1-14(2)19(27-22(31)34-7)21(30)29-12-8-9-17(29)20-26-16-11-10-15(13-18(16)37(32,33)28-20)25-35-23(3,4)24(5,6)36-25;1-14-11-10-7-3-2-6(4-7)9(10)8(12)5-13-11;2-1(3)4/h9-10,13-15,17-18,21,25H,5-8,11-12H2,1-4H3,(H,31,33)(H,32,36);10-11,13-14,17,19H,8-9,12H2,1-7H3,(H,26,28)(H,27,31);5-7H,2-4H2,1H3;/t17?,18?,21-,25-;17-,19-;;/m00../s1. The van der Waals surface area contributed by atoms with E-state index in [1.165, 1.54) is 60.7 Å². The number of amides is 4. The fourth-order valence-electron chi connectivity index (χ4n) is 14.6. The van der Waals surface area contributed by atoms with E-state index >= 15 is 0 Å². The quantitative estimate of drug-likeness (QED) is 0.0958. The molecule has 0 spiro atoms. The number of nitrogens with one attached hydrogen (secondary N) is 4. The molecule has 5 aliphatic heterocycles. The molecule has 0 radical (unpaired) electrons. The van der Waals surface area contributed by atoms with Gasteiger partial charge in [-0.2, -0.15) is 16.8 Å². The van der Waals surface area contributed by atoms with Gasteiger partial charge in [0, 0.05) is 46.6 Å². The third kappa shape index (κ3) is 14.9. The first-order valence-electron chi connectivity index (χ1n) is 32.2. The highest BCUT2D eigenvalue weighted by Gasteiger charge is 2.53. The average molecular weight is 1620 g/mol. The Labute approximate surface area is 595 Å². The molecule has 2 aromatic heterocycles. The molecule has 9 aliphatic rings. The summed E-state index contributed by atoms with van der Waals surface area (Å²) in [4.78, 5) is 62.8. The van der Waals surface area contributed by atoms with Crippen molar-refractivity contribution in [1.29, 1.82) is 0 Å². The van der Waals surface area contributed by atoms with Crippen molar-refractivity contribution in [3.63, 3.8) is 0 Å². The smallest absolute Gasteiger partial charge is 0.481 e. The van der Waals surface area contributed by atoms with Crippen LogP contribution in [0.1, 0.15) is 166 Å². The van der Waals surface area contributed by atoms with Crippen molar-refractivity contribution in [2.24, 2.45) is 20.6 Å². The highest BCUT2D eigenvalue weighted by Crippen LogP contribution is 2.59. The number of benzene rings is 2. The number of halogens is 4. The molecular weight excluding hydrogens is 1540 g/mol. The number of fused-ring (bicyclic) bond motifs is 12. The first-order valence-corrected chi connectivity index (χ1v) is 38.6. The topological polar surface area (TPSA) is 297 Å². The van der Waals surface area contributed by atoms with Gasteiger partial charge in [0.25, 0.3) is 20.0 Å². The summed E-state index contributed by atoms with van der Waals surface area (Å²) in [7, 11) is -3.00. The summed E-state index contributed by atoms with van der Waals surface area (Å²) in [5, 5.41) is 11.5. The van der Waals surface area contributed by atoms with Gasteiger partial charge >= 0.3 is 22.5 Å². The van der Waals surface area contributed by atoms with Crippen LogP contribution in [0.2, 0.25) is 0 Å². The number of sulfonamides is 2. The number of rotatable bonds is 12. The Kier molecular flexibility index (Phi) is 22.5. The number of likely N-dealkylation sites (tertiary alicyclic amines) is 2. The van der Waals surface area contributed by atoms with E-state index in [9.17, 15) is 36.0 Å². The van der Waals surface area contributed by atoms with Gasteiger partial charge in [-0.1, -0.05) is 39.8 Å². The molecule has 24 nitrogen and oxygen atoms in total. The van der Waals surface area contributed by atoms with Crippen LogP contribution in [0, 0.1) is 11.8 Å². The molecule has 13 rings (SSSR count). The van der Waals surface area contributed by atoms with Crippen molar-refractivity contribution >= 4 is 146 Å². The molecule has 4 amide bonds. The Morgan fingerprint density at radius 2 is 1.04 bits per heavy atom. The van der Waals surface area contributed by atoms with Gasteiger partial charge in [0.05, 0.1) is 63.1 Å². The van der Waals surface area contributed by atoms with E-state index in [1.807, 2.05) is 67.7 Å². The number of hydrogen-bond acceptors (Lipinski definition) is 18. The van der Waals surface area contributed by atoms with Gasteiger partial charge < -0.3 is 59.3 Å². The second-order valence-corrected chi connectivity index (χ2v) is 37.3.